The van der Waals surface area contributed by atoms with Gasteiger partial charge in [-0.15, -0.1) is 0 Å². The zero-order valence-corrected chi connectivity index (χ0v) is 18.8. The first kappa shape index (κ1) is 24.2. The number of hydrogen-bond acceptors (Lipinski definition) is 3. The Hall–Kier alpha value is -0.818. The van der Waals surface area contributed by atoms with Crippen molar-refractivity contribution in [1.82, 2.24) is 0 Å². The third-order valence-corrected chi connectivity index (χ3v) is 5.81. The molecule has 0 bridgehead atoms. The fourth-order valence-electron chi connectivity index (χ4n) is 2.61. The molecule has 25 heavy (non-hydrogen) atoms. The Morgan fingerprint density at radius 2 is 1.44 bits per heavy atom. The molecule has 0 aliphatic heterocycles. The van der Waals surface area contributed by atoms with Gasteiger partial charge in [-0.25, -0.2) is 0 Å². The predicted octanol–water partition coefficient (Wildman–Crippen LogP) is 3.76. The second-order valence-corrected chi connectivity index (χ2v) is 11.9. The van der Waals surface area contributed by atoms with Crippen molar-refractivity contribution in [3.63, 3.8) is 0 Å². The van der Waals surface area contributed by atoms with Gasteiger partial charge in [0.2, 0.25) is 0 Å². The Morgan fingerprint density at radius 3 is 1.80 bits per heavy atom. The van der Waals surface area contributed by atoms with E-state index in [0.29, 0.717) is 5.75 Å². The van der Waals surface area contributed by atoms with Crippen molar-refractivity contribution in [3.05, 3.63) is 29.3 Å². The minimum atomic E-state index is -1.84. The summed E-state index contributed by atoms with van der Waals surface area (Å²) in [5.74, 6) is 0.609. The molecule has 0 aromatic heterocycles. The van der Waals surface area contributed by atoms with Gasteiger partial charge in [0.05, 0.1) is 26.2 Å². The smallest absolute Gasteiger partial charge is 0.407 e. The number of nitrogens with zero attached hydrogens (tertiary/aromatic N) is 1. The van der Waals surface area contributed by atoms with Crippen LogP contribution in [0.25, 0.3) is 0 Å². The van der Waals surface area contributed by atoms with Crippen molar-refractivity contribution in [2.75, 3.05) is 26.2 Å². The zero-order chi connectivity index (χ0) is 19.7. The normalized spacial score (nSPS) is 11.6. The monoisotopic (exact) mass is 367 g/mol. The second kappa shape index (κ2) is 11.0. The highest BCUT2D eigenvalue weighted by Crippen LogP contribution is 2.21. The van der Waals surface area contributed by atoms with Gasteiger partial charge in [0, 0.05) is 0 Å². The van der Waals surface area contributed by atoms with Gasteiger partial charge in [0.25, 0.3) is 0 Å². The average Bonchev–Trinajstić information content (AvgIpc) is 2.53. The highest BCUT2D eigenvalue weighted by atomic mass is 28.4. The van der Waals surface area contributed by atoms with Crippen molar-refractivity contribution < 1.29 is 18.5 Å². The van der Waals surface area contributed by atoms with Crippen molar-refractivity contribution in [2.45, 2.75) is 61.2 Å². The topological polar surface area (TPSA) is 41.5 Å². The molecule has 0 N–H and O–H groups in total. The summed E-state index contributed by atoms with van der Waals surface area (Å²) in [4.78, 5) is 0. The summed E-state index contributed by atoms with van der Waals surface area (Å²) in [6.45, 7) is 24.0. The van der Waals surface area contributed by atoms with E-state index in [1.54, 1.807) is 6.07 Å². The quantitative estimate of drug-likeness (QED) is 0.519. The van der Waals surface area contributed by atoms with Gasteiger partial charge in [-0.3, -0.25) is 0 Å². The van der Waals surface area contributed by atoms with Crippen molar-refractivity contribution in [2.24, 2.45) is 0 Å². The molecule has 0 heterocycles. The van der Waals surface area contributed by atoms with Crippen LogP contribution in [0.2, 0.25) is 19.6 Å². The van der Waals surface area contributed by atoms with Gasteiger partial charge in [-0.05, 0) is 78.4 Å². The molecule has 6 heteroatoms. The standard InChI is InChI=1S/C11H18BO3Si.C8H20N/c1-9-7-6-8-11(10(9)2)14-12(13)15-16(3,4)5;1-5-9(6-2,7-3)8-4/h6-8H,1-5H3;5-8H2,1-4H3/q-1;+1. The number of rotatable bonds is 8. The molecule has 1 aromatic carbocycles. The molecule has 0 amide bonds. The highest BCUT2D eigenvalue weighted by Gasteiger charge is 2.19. The molecular formula is C19H38BNO3Si. The van der Waals surface area contributed by atoms with Gasteiger partial charge in [-0.1, -0.05) is 12.1 Å². The van der Waals surface area contributed by atoms with Crippen molar-refractivity contribution in [1.29, 1.82) is 0 Å². The Bertz CT molecular complexity index is 484. The minimum absolute atomic E-state index is 0.609. The van der Waals surface area contributed by atoms with E-state index in [1.165, 1.54) is 30.7 Å². The third kappa shape index (κ3) is 8.90. The van der Waals surface area contributed by atoms with E-state index < -0.39 is 15.6 Å². The minimum Gasteiger partial charge on any atom is -0.821 e. The van der Waals surface area contributed by atoms with Crippen LogP contribution < -0.4 is 9.68 Å². The van der Waals surface area contributed by atoms with Crippen LogP contribution in [0.5, 0.6) is 5.75 Å². The van der Waals surface area contributed by atoms with E-state index in [0.717, 1.165) is 11.1 Å². The number of benzene rings is 1. The van der Waals surface area contributed by atoms with Crippen LogP contribution in [0.15, 0.2) is 18.2 Å². The molecule has 0 aliphatic rings. The summed E-state index contributed by atoms with van der Waals surface area (Å²) in [5, 5.41) is 11.6. The van der Waals surface area contributed by atoms with Crippen LogP contribution in [0.4, 0.5) is 0 Å². The first-order valence-electron chi connectivity index (χ1n) is 9.45. The third-order valence-electron chi connectivity index (χ3n) is 4.91. The van der Waals surface area contributed by atoms with Gasteiger partial charge in [-0.2, -0.15) is 0 Å². The molecule has 0 radical (unpaired) electrons. The Kier molecular flexibility index (Phi) is 10.7. The Morgan fingerprint density at radius 1 is 0.960 bits per heavy atom. The molecule has 0 spiro atoms. The molecule has 4 nitrogen and oxygen atoms in total. The van der Waals surface area contributed by atoms with Crippen LogP contribution in [0.3, 0.4) is 0 Å². The van der Waals surface area contributed by atoms with Gasteiger partial charge in [0.15, 0.2) is 8.32 Å². The van der Waals surface area contributed by atoms with Crippen LogP contribution >= 0.6 is 0 Å². The first-order valence-corrected chi connectivity index (χ1v) is 12.9. The lowest BCUT2D eigenvalue weighted by molar-refractivity contribution is -0.921. The second-order valence-electron chi connectivity index (χ2n) is 7.44. The molecule has 0 unspecified atom stereocenters. The number of quaternary nitrogens is 1. The molecule has 0 saturated heterocycles. The molecule has 1 aromatic rings. The largest absolute Gasteiger partial charge is 0.821 e. The Balaban J connectivity index is 0.000000547. The maximum Gasteiger partial charge on any atom is 0.407 e. The summed E-state index contributed by atoms with van der Waals surface area (Å²) in [6, 6.07) is 5.65. The summed E-state index contributed by atoms with van der Waals surface area (Å²) in [6.07, 6.45) is 0. The molecule has 144 valence electrons. The molecule has 0 saturated carbocycles. The van der Waals surface area contributed by atoms with Crippen molar-refractivity contribution in [3.8, 4) is 5.75 Å². The van der Waals surface area contributed by atoms with E-state index in [4.69, 9.17) is 9.00 Å². The van der Waals surface area contributed by atoms with Crippen molar-refractivity contribution >= 4 is 15.6 Å². The first-order chi connectivity index (χ1) is 11.5. The van der Waals surface area contributed by atoms with Gasteiger partial charge < -0.3 is 18.5 Å². The van der Waals surface area contributed by atoms with Crippen LogP contribution in [-0.4, -0.2) is 46.3 Å². The van der Waals surface area contributed by atoms with Crippen LogP contribution in [-0.2, 0) is 4.34 Å². The zero-order valence-electron chi connectivity index (χ0n) is 17.8. The van der Waals surface area contributed by atoms with Gasteiger partial charge in [0.1, 0.15) is 5.75 Å². The van der Waals surface area contributed by atoms with Crippen LogP contribution in [0, 0.1) is 13.8 Å². The maximum atomic E-state index is 11.6. The summed E-state index contributed by atoms with van der Waals surface area (Å²) in [5.41, 5.74) is 2.10. The fraction of sp³-hybridized carbons (Fsp3) is 0.684. The summed E-state index contributed by atoms with van der Waals surface area (Å²) < 4.78 is 11.8. The lowest BCUT2D eigenvalue weighted by Gasteiger charge is -2.34. The lowest BCUT2D eigenvalue weighted by atomic mass is 10.1. The molecule has 1 rings (SSSR count). The van der Waals surface area contributed by atoms with E-state index in [2.05, 4.69) is 27.7 Å². The summed E-state index contributed by atoms with van der Waals surface area (Å²) in [7, 11) is -3.27. The average molecular weight is 367 g/mol. The predicted molar refractivity (Wildman–Crippen MR) is 109 cm³/mol. The van der Waals surface area contributed by atoms with E-state index in [1.807, 2.05) is 45.6 Å². The number of hydrogen-bond donors (Lipinski definition) is 0. The molecule has 0 fully saturated rings. The van der Waals surface area contributed by atoms with Gasteiger partial charge >= 0.3 is 7.32 Å². The number of aryl methyl sites for hydroxylation is 1. The highest BCUT2D eigenvalue weighted by molar-refractivity contribution is 6.74. The fourth-order valence-corrected chi connectivity index (χ4v) is 3.24. The lowest BCUT2D eigenvalue weighted by Crippen LogP contribution is -2.48. The molecule has 0 aliphatic carbocycles. The van der Waals surface area contributed by atoms with E-state index >= 15 is 0 Å². The Labute approximate surface area is 157 Å². The van der Waals surface area contributed by atoms with E-state index in [-0.39, 0.29) is 0 Å². The SMILES string of the molecule is CC[N+](CC)(CC)CC.Cc1cccc(OB([O-])O[Si](C)(C)C)c1C. The molecule has 0 atom stereocenters. The molecular weight excluding hydrogens is 329 g/mol. The van der Waals surface area contributed by atoms with E-state index in [9.17, 15) is 5.02 Å². The van der Waals surface area contributed by atoms with Crippen LogP contribution in [0.1, 0.15) is 38.8 Å². The maximum absolute atomic E-state index is 11.6. The summed E-state index contributed by atoms with van der Waals surface area (Å²) >= 11 is 0.